The lowest BCUT2D eigenvalue weighted by atomic mass is 10.2. The lowest BCUT2D eigenvalue weighted by Crippen LogP contribution is -2.41. The predicted molar refractivity (Wildman–Crippen MR) is 91.1 cm³/mol. The maximum absolute atomic E-state index is 11.9. The van der Waals surface area contributed by atoms with Crippen molar-refractivity contribution < 1.29 is 9.59 Å². The van der Waals surface area contributed by atoms with Gasteiger partial charge in [-0.3, -0.25) is 20.4 Å². The van der Waals surface area contributed by atoms with Gasteiger partial charge in [0.05, 0.1) is 13.7 Å². The van der Waals surface area contributed by atoms with Crippen LogP contribution in [0.3, 0.4) is 0 Å². The monoisotopic (exact) mass is 484 g/mol. The first-order chi connectivity index (χ1) is 9.47. The molecule has 1 aromatic carbocycles. The molecule has 0 atom stereocenters. The maximum atomic E-state index is 11.9. The van der Waals surface area contributed by atoms with Crippen LogP contribution < -0.4 is 10.9 Å². The molecule has 0 aliphatic rings. The highest BCUT2D eigenvalue weighted by molar-refractivity contribution is 14.1. The van der Waals surface area contributed by atoms with Gasteiger partial charge in [-0.2, -0.15) is 0 Å². The van der Waals surface area contributed by atoms with E-state index in [2.05, 4.69) is 26.8 Å². The second kappa shape index (κ2) is 6.88. The Morgan fingerprint density at radius 3 is 2.45 bits per heavy atom. The van der Waals surface area contributed by atoms with Crippen LogP contribution in [0, 0.1) is 3.57 Å². The van der Waals surface area contributed by atoms with Gasteiger partial charge in [-0.05, 0) is 68.9 Å². The van der Waals surface area contributed by atoms with Gasteiger partial charge in [0.25, 0.3) is 11.8 Å². The minimum atomic E-state index is -0.399. The molecule has 20 heavy (non-hydrogen) atoms. The van der Waals surface area contributed by atoms with Crippen molar-refractivity contribution in [1.82, 2.24) is 10.9 Å². The zero-order chi connectivity index (χ0) is 14.7. The van der Waals surface area contributed by atoms with Gasteiger partial charge in [0.2, 0.25) is 0 Å². The van der Waals surface area contributed by atoms with E-state index < -0.39 is 5.91 Å². The molecule has 1 heterocycles. The Morgan fingerprint density at radius 2 is 1.85 bits per heavy atom. The van der Waals surface area contributed by atoms with Crippen LogP contribution in [0.1, 0.15) is 20.0 Å². The third kappa shape index (κ3) is 3.94. The number of hydrogen-bond acceptors (Lipinski definition) is 3. The van der Waals surface area contributed by atoms with E-state index in [4.69, 9.17) is 11.6 Å². The van der Waals surface area contributed by atoms with Crippen LogP contribution in [0.15, 0.2) is 34.1 Å². The molecule has 4 nitrogen and oxygen atoms in total. The molecular formula is C12H7BrClIN2O2S. The minimum Gasteiger partial charge on any atom is -0.267 e. The SMILES string of the molecule is O=C(NNC(=O)c1ccc(Br)s1)c1ccc(Cl)c(I)c1. The number of thiophene rings is 1. The number of carbonyl (C=O) groups is 2. The lowest BCUT2D eigenvalue weighted by Gasteiger charge is -2.07. The van der Waals surface area contributed by atoms with Crippen molar-refractivity contribution >= 4 is 73.3 Å². The average Bonchev–Trinajstić information content (AvgIpc) is 2.85. The quantitative estimate of drug-likeness (QED) is 0.502. The molecule has 2 N–H and O–H groups in total. The summed E-state index contributed by atoms with van der Waals surface area (Å²) in [6, 6.07) is 8.31. The van der Waals surface area contributed by atoms with Gasteiger partial charge >= 0.3 is 0 Å². The Bertz CT molecular complexity index is 677. The van der Waals surface area contributed by atoms with Crippen LogP contribution in [0.25, 0.3) is 0 Å². The van der Waals surface area contributed by atoms with E-state index in [-0.39, 0.29) is 5.91 Å². The van der Waals surface area contributed by atoms with E-state index in [9.17, 15) is 9.59 Å². The molecule has 2 amide bonds. The summed E-state index contributed by atoms with van der Waals surface area (Å²) >= 11 is 12.5. The number of hydrazine groups is 1. The second-order valence-corrected chi connectivity index (χ2v) is 7.67. The van der Waals surface area contributed by atoms with Crippen molar-refractivity contribution in [3.05, 3.63) is 53.2 Å². The third-order valence-corrected chi connectivity index (χ3v) is 5.43. The lowest BCUT2D eigenvalue weighted by molar-refractivity contribution is 0.0849. The molecule has 0 bridgehead atoms. The number of rotatable bonds is 2. The fraction of sp³-hybridized carbons (Fsp3) is 0. The smallest absolute Gasteiger partial charge is 0.267 e. The normalized spacial score (nSPS) is 10.2. The number of nitrogens with one attached hydrogen (secondary N) is 2. The Balaban J connectivity index is 1.98. The first kappa shape index (κ1) is 15.7. The van der Waals surface area contributed by atoms with Crippen LogP contribution in [-0.2, 0) is 0 Å². The molecule has 0 fully saturated rings. The first-order valence-electron chi connectivity index (χ1n) is 5.28. The maximum Gasteiger partial charge on any atom is 0.279 e. The minimum absolute atomic E-state index is 0.363. The fourth-order valence-corrected chi connectivity index (χ4v) is 3.24. The van der Waals surface area contributed by atoms with Gasteiger partial charge in [0.15, 0.2) is 0 Å². The molecule has 0 aliphatic carbocycles. The number of carbonyl (C=O) groups excluding carboxylic acids is 2. The topological polar surface area (TPSA) is 58.2 Å². The van der Waals surface area contributed by atoms with E-state index in [1.54, 1.807) is 30.3 Å². The summed E-state index contributed by atoms with van der Waals surface area (Å²) < 4.78 is 1.62. The molecule has 8 heteroatoms. The number of hydrogen-bond donors (Lipinski definition) is 2. The van der Waals surface area contributed by atoms with Crippen LogP contribution in [0.5, 0.6) is 0 Å². The van der Waals surface area contributed by atoms with Gasteiger partial charge in [0.1, 0.15) is 0 Å². The van der Waals surface area contributed by atoms with E-state index in [1.165, 1.54) is 11.3 Å². The summed E-state index contributed by atoms with van der Waals surface area (Å²) in [7, 11) is 0. The summed E-state index contributed by atoms with van der Waals surface area (Å²) in [5.74, 6) is -0.763. The van der Waals surface area contributed by atoms with E-state index in [1.807, 2.05) is 22.6 Å². The standard InChI is InChI=1S/C12H7BrClIN2O2S/c13-10-4-3-9(20-10)12(19)17-16-11(18)6-1-2-7(14)8(15)5-6/h1-5H,(H,16,18)(H,17,19). The highest BCUT2D eigenvalue weighted by atomic mass is 127. The molecule has 0 radical (unpaired) electrons. The summed E-state index contributed by atoms with van der Waals surface area (Å²) in [6.45, 7) is 0. The van der Waals surface area contributed by atoms with Crippen molar-refractivity contribution in [3.63, 3.8) is 0 Å². The Hall–Kier alpha value is -0.640. The molecule has 0 saturated carbocycles. The summed E-state index contributed by atoms with van der Waals surface area (Å²) in [6.07, 6.45) is 0. The molecule has 0 aliphatic heterocycles. The molecule has 1 aromatic heterocycles. The van der Waals surface area contributed by atoms with Crippen molar-refractivity contribution in [2.45, 2.75) is 0 Å². The van der Waals surface area contributed by atoms with Crippen LogP contribution in [0.4, 0.5) is 0 Å². The van der Waals surface area contributed by atoms with Crippen molar-refractivity contribution in [2.75, 3.05) is 0 Å². The average molecular weight is 486 g/mol. The molecular weight excluding hydrogens is 478 g/mol. The molecule has 2 rings (SSSR count). The van der Waals surface area contributed by atoms with Crippen LogP contribution >= 0.6 is 61.5 Å². The number of amides is 2. The van der Waals surface area contributed by atoms with Crippen molar-refractivity contribution in [1.29, 1.82) is 0 Å². The van der Waals surface area contributed by atoms with E-state index in [0.717, 1.165) is 7.36 Å². The second-order valence-electron chi connectivity index (χ2n) is 3.64. The fourth-order valence-electron chi connectivity index (χ4n) is 1.32. The van der Waals surface area contributed by atoms with Gasteiger partial charge in [0, 0.05) is 9.13 Å². The predicted octanol–water partition coefficient (Wildman–Crippen LogP) is 3.84. The van der Waals surface area contributed by atoms with Gasteiger partial charge in [-0.15, -0.1) is 11.3 Å². The van der Waals surface area contributed by atoms with Gasteiger partial charge in [-0.1, -0.05) is 11.6 Å². The highest BCUT2D eigenvalue weighted by Crippen LogP contribution is 2.22. The number of benzene rings is 1. The summed E-state index contributed by atoms with van der Waals surface area (Å²) in [5.41, 5.74) is 5.14. The highest BCUT2D eigenvalue weighted by Gasteiger charge is 2.11. The van der Waals surface area contributed by atoms with Crippen LogP contribution in [0.2, 0.25) is 5.02 Å². The first-order valence-corrected chi connectivity index (χ1v) is 8.35. The Morgan fingerprint density at radius 1 is 1.15 bits per heavy atom. The van der Waals surface area contributed by atoms with Gasteiger partial charge < -0.3 is 0 Å². The zero-order valence-corrected chi connectivity index (χ0v) is 15.1. The van der Waals surface area contributed by atoms with E-state index in [0.29, 0.717) is 15.5 Å². The summed E-state index contributed by atoms with van der Waals surface area (Å²) in [5, 5.41) is 0.578. The van der Waals surface area contributed by atoms with Crippen LogP contribution in [-0.4, -0.2) is 11.8 Å². The zero-order valence-electron chi connectivity index (χ0n) is 9.75. The Kier molecular flexibility index (Phi) is 5.42. The van der Waals surface area contributed by atoms with Crippen molar-refractivity contribution in [3.8, 4) is 0 Å². The van der Waals surface area contributed by atoms with E-state index >= 15 is 0 Å². The molecule has 0 spiro atoms. The van der Waals surface area contributed by atoms with Crippen molar-refractivity contribution in [2.24, 2.45) is 0 Å². The van der Waals surface area contributed by atoms with Gasteiger partial charge in [-0.25, -0.2) is 0 Å². The third-order valence-electron chi connectivity index (χ3n) is 2.27. The molecule has 104 valence electrons. The largest absolute Gasteiger partial charge is 0.279 e. The molecule has 0 unspecified atom stereocenters. The molecule has 0 saturated heterocycles. The Labute approximate surface area is 146 Å². The number of halogens is 3. The molecule has 2 aromatic rings. The summed E-state index contributed by atoms with van der Waals surface area (Å²) in [4.78, 5) is 24.1.